The Morgan fingerprint density at radius 3 is 1.75 bits per heavy atom. The Morgan fingerprint density at radius 1 is 0.661 bits per heavy atom. The highest BCUT2D eigenvalue weighted by Crippen LogP contribution is 2.67. The summed E-state index contributed by atoms with van der Waals surface area (Å²) in [5.41, 5.74) is 1.73. The van der Waals surface area contributed by atoms with E-state index in [0.29, 0.717) is 22.9 Å². The van der Waals surface area contributed by atoms with E-state index in [2.05, 4.69) is 40.7 Å². The van der Waals surface area contributed by atoms with Crippen LogP contribution in [0.25, 0.3) is 0 Å². The number of hydrogen-bond donors (Lipinski definition) is 6. The zero-order valence-corrected chi connectivity index (χ0v) is 39.1. The zero-order valence-electron chi connectivity index (χ0n) is 39.1. The van der Waals surface area contributed by atoms with Gasteiger partial charge in [-0.25, -0.2) is 0 Å². The fourth-order valence-corrected chi connectivity index (χ4v) is 14.0. The number of rotatable bonds is 31. The average molecular weight is 833 g/mol. The maximum Gasteiger partial charge on any atom is 0.0776 e. The average Bonchev–Trinajstić information content (AvgIpc) is 3.59. The van der Waals surface area contributed by atoms with Gasteiger partial charge in [0.25, 0.3) is 0 Å². The molecule has 7 heteroatoms. The minimum atomic E-state index is -0.987. The van der Waals surface area contributed by atoms with Crippen LogP contribution < -0.4 is 0 Å². The molecule has 0 amide bonds. The van der Waals surface area contributed by atoms with Crippen LogP contribution in [0, 0.1) is 51.8 Å². The molecule has 4 aliphatic carbocycles. The van der Waals surface area contributed by atoms with Gasteiger partial charge in [-0.15, -0.1) is 0 Å². The summed E-state index contributed by atoms with van der Waals surface area (Å²) < 4.78 is 6.57. The molecule has 346 valence electrons. The maximum absolute atomic E-state index is 10.5. The van der Waals surface area contributed by atoms with Gasteiger partial charge in [0.15, 0.2) is 0 Å². The van der Waals surface area contributed by atoms with E-state index in [1.54, 1.807) is 5.57 Å². The van der Waals surface area contributed by atoms with E-state index in [-0.39, 0.29) is 25.2 Å². The van der Waals surface area contributed by atoms with Gasteiger partial charge in [0, 0.05) is 6.61 Å². The monoisotopic (exact) mass is 833 g/mol. The predicted octanol–water partition coefficient (Wildman–Crippen LogP) is 11.1. The molecule has 4 unspecified atom stereocenters. The van der Waals surface area contributed by atoms with Gasteiger partial charge >= 0.3 is 0 Å². The van der Waals surface area contributed by atoms with Crippen LogP contribution in [0.4, 0.5) is 0 Å². The van der Waals surface area contributed by atoms with Crippen molar-refractivity contribution in [3.8, 4) is 0 Å². The van der Waals surface area contributed by atoms with Crippen molar-refractivity contribution in [3.63, 3.8) is 0 Å². The first-order valence-electron chi connectivity index (χ1n) is 25.5. The van der Waals surface area contributed by atoms with Gasteiger partial charge in [0.1, 0.15) is 0 Å². The molecule has 0 aromatic carbocycles. The normalized spacial score (nSPS) is 31.6. The number of aliphatic hydroxyl groups excluding tert-OH is 6. The molecule has 0 radical (unpaired) electrons. The van der Waals surface area contributed by atoms with Crippen molar-refractivity contribution in [1.29, 1.82) is 0 Å². The largest absolute Gasteiger partial charge is 0.394 e. The second-order valence-corrected chi connectivity index (χ2v) is 21.6. The minimum Gasteiger partial charge on any atom is -0.394 e. The first kappa shape index (κ1) is 51.1. The summed E-state index contributed by atoms with van der Waals surface area (Å²) in [7, 11) is 0. The first-order valence-corrected chi connectivity index (χ1v) is 25.5. The van der Waals surface area contributed by atoms with Gasteiger partial charge in [0.05, 0.1) is 44.2 Å². The van der Waals surface area contributed by atoms with E-state index in [0.717, 1.165) is 56.0 Å². The molecule has 0 aromatic rings. The third-order valence-electron chi connectivity index (χ3n) is 17.6. The zero-order chi connectivity index (χ0) is 42.9. The highest BCUT2D eigenvalue weighted by atomic mass is 16.5. The topological polar surface area (TPSA) is 131 Å². The summed E-state index contributed by atoms with van der Waals surface area (Å²) in [5, 5.41) is 60.8. The number of allylic oxidation sites excluding steroid dienone is 1. The highest BCUT2D eigenvalue weighted by molar-refractivity contribution is 5.25. The molecule has 3 saturated carbocycles. The lowest BCUT2D eigenvalue weighted by Crippen LogP contribution is -2.51. The third kappa shape index (κ3) is 14.2. The highest BCUT2D eigenvalue weighted by Gasteiger charge is 2.59. The molecule has 0 aliphatic heterocycles. The van der Waals surface area contributed by atoms with Gasteiger partial charge < -0.3 is 35.4 Å². The van der Waals surface area contributed by atoms with Crippen molar-refractivity contribution < 1.29 is 35.4 Å². The fraction of sp³-hybridized carbons (Fsp3) is 0.962. The van der Waals surface area contributed by atoms with E-state index in [4.69, 9.17) is 4.74 Å². The molecule has 59 heavy (non-hydrogen) atoms. The maximum atomic E-state index is 10.5. The second kappa shape index (κ2) is 25.7. The van der Waals surface area contributed by atoms with Crippen molar-refractivity contribution in [2.45, 2.75) is 239 Å². The Kier molecular flexibility index (Phi) is 22.2. The van der Waals surface area contributed by atoms with Crippen molar-refractivity contribution in [3.05, 3.63) is 11.6 Å². The smallest absolute Gasteiger partial charge is 0.0776 e. The van der Waals surface area contributed by atoms with E-state index in [1.807, 2.05) is 0 Å². The van der Waals surface area contributed by atoms with Crippen LogP contribution in [0.3, 0.4) is 0 Å². The fourth-order valence-electron chi connectivity index (χ4n) is 14.0. The SMILES string of the molecule is CCCCCCCCCCCCCCCCO[C@H]1CC[C@@]2(C)C(=CC[C@H]3[C@@H]4CC[C@H]([C@H](C)CCCC(C)C(CC(O)CO)(CC(O)CO)CC(O)CO)[C@@]4(C)CC[C@@H]32)C1. The predicted molar refractivity (Wildman–Crippen MR) is 243 cm³/mol. The Morgan fingerprint density at radius 2 is 1.20 bits per heavy atom. The van der Waals surface area contributed by atoms with Crippen LogP contribution in [0.15, 0.2) is 11.6 Å². The van der Waals surface area contributed by atoms with Crippen LogP contribution in [0.2, 0.25) is 0 Å². The number of fused-ring (bicyclic) bond motifs is 5. The van der Waals surface area contributed by atoms with Gasteiger partial charge in [0.2, 0.25) is 0 Å². The summed E-state index contributed by atoms with van der Waals surface area (Å²) in [6.07, 6.45) is 33.5. The molecule has 0 spiro atoms. The van der Waals surface area contributed by atoms with Gasteiger partial charge in [-0.1, -0.05) is 149 Å². The minimum absolute atomic E-state index is 0.0224. The first-order chi connectivity index (χ1) is 28.4. The molecular formula is C52H96O7. The van der Waals surface area contributed by atoms with E-state index >= 15 is 0 Å². The molecule has 6 N–H and O–H groups in total. The Balaban J connectivity index is 1.21. The Hall–Kier alpha value is -0.540. The molecule has 12 atom stereocenters. The standard InChI is InChI=1S/C52H96O7/c1-6-7-8-9-10-11-12-13-14-15-16-17-18-19-31-59-45-27-29-50(4)41(32-45)23-24-46-48-26-25-47(51(48,5)30-28-49(46)50)39(2)21-20-22-40(3)52(33-42(56)36-53,34-43(57)37-54)35-44(58)38-55/h23,39-40,42-49,53-58H,6-22,24-38H2,1-5H3/t39-,40?,42?,43?,44?,45+,46+,47-,48+,49+,50+,51-,52?/m1/s1. The van der Waals surface area contributed by atoms with Crippen molar-refractivity contribution >= 4 is 0 Å². The van der Waals surface area contributed by atoms with Gasteiger partial charge in [-0.3, -0.25) is 0 Å². The number of ether oxygens (including phenoxy) is 1. The van der Waals surface area contributed by atoms with Crippen molar-refractivity contribution in [2.24, 2.45) is 51.8 Å². The number of unbranched alkanes of at least 4 members (excludes halogenated alkanes) is 13. The van der Waals surface area contributed by atoms with Crippen LogP contribution in [-0.2, 0) is 4.74 Å². The molecule has 4 rings (SSSR count). The summed E-state index contributed by atoms with van der Waals surface area (Å²) in [4.78, 5) is 0. The molecular weight excluding hydrogens is 737 g/mol. The molecule has 4 aliphatic rings. The van der Waals surface area contributed by atoms with Crippen LogP contribution in [0.1, 0.15) is 214 Å². The summed E-state index contributed by atoms with van der Waals surface area (Å²) in [5.74, 6) is 3.73. The number of aliphatic hydroxyl groups is 6. The van der Waals surface area contributed by atoms with Crippen LogP contribution in [-0.4, -0.2) is 81.5 Å². The lowest BCUT2D eigenvalue weighted by molar-refractivity contribution is -0.0648. The lowest BCUT2D eigenvalue weighted by Gasteiger charge is -2.58. The molecule has 0 bridgehead atoms. The lowest BCUT2D eigenvalue weighted by atomic mass is 9.47. The van der Waals surface area contributed by atoms with E-state index in [1.165, 1.54) is 135 Å². The van der Waals surface area contributed by atoms with E-state index < -0.39 is 43.5 Å². The molecule has 0 heterocycles. The number of hydrogen-bond acceptors (Lipinski definition) is 7. The summed E-state index contributed by atoms with van der Waals surface area (Å²) in [6, 6.07) is 0. The van der Waals surface area contributed by atoms with Crippen LogP contribution >= 0.6 is 0 Å². The van der Waals surface area contributed by atoms with E-state index in [9.17, 15) is 30.6 Å². The third-order valence-corrected chi connectivity index (χ3v) is 17.6. The summed E-state index contributed by atoms with van der Waals surface area (Å²) >= 11 is 0. The van der Waals surface area contributed by atoms with Crippen molar-refractivity contribution in [2.75, 3.05) is 26.4 Å². The quantitative estimate of drug-likeness (QED) is 0.0303. The molecule has 3 fully saturated rings. The second-order valence-electron chi connectivity index (χ2n) is 21.6. The van der Waals surface area contributed by atoms with Crippen molar-refractivity contribution in [1.82, 2.24) is 0 Å². The molecule has 0 saturated heterocycles. The Bertz CT molecular complexity index is 1140. The Labute approximate surface area is 363 Å². The molecule has 0 aromatic heterocycles. The summed E-state index contributed by atoms with van der Waals surface area (Å²) in [6.45, 7) is 11.9. The van der Waals surface area contributed by atoms with Crippen LogP contribution in [0.5, 0.6) is 0 Å². The molecule has 7 nitrogen and oxygen atoms in total. The van der Waals surface area contributed by atoms with Gasteiger partial charge in [-0.05, 0) is 129 Å². The van der Waals surface area contributed by atoms with Gasteiger partial charge in [-0.2, -0.15) is 0 Å².